The van der Waals surface area contributed by atoms with Crippen molar-refractivity contribution in [2.75, 3.05) is 26.2 Å². The molecule has 1 fully saturated rings. The van der Waals surface area contributed by atoms with Crippen molar-refractivity contribution in [1.29, 1.82) is 0 Å². The lowest BCUT2D eigenvalue weighted by molar-refractivity contribution is 0.0412. The number of amides is 2. The fourth-order valence-electron chi connectivity index (χ4n) is 4.43. The highest BCUT2D eigenvalue weighted by Crippen LogP contribution is 2.31. The number of nitrogens with zero attached hydrogens (tertiary/aromatic N) is 3. The first-order valence-electron chi connectivity index (χ1n) is 12.4. The average molecular weight is 522 g/mol. The quantitative estimate of drug-likeness (QED) is 0.424. The van der Waals surface area contributed by atoms with E-state index in [9.17, 15) is 14.7 Å². The van der Waals surface area contributed by atoms with Crippen LogP contribution in [0.1, 0.15) is 43.1 Å². The van der Waals surface area contributed by atoms with Crippen LogP contribution in [0.3, 0.4) is 0 Å². The predicted octanol–water partition coefficient (Wildman–Crippen LogP) is 5.64. The van der Waals surface area contributed by atoms with Crippen molar-refractivity contribution in [2.45, 2.75) is 38.8 Å². The SMILES string of the molecule is C=CC(C)(O)c1ccc(-c2cc(Cl)c3ccc(C(=O)N4CCN(C(=O)OCCC)[C@H](C)C4)cc3n2)cc1. The second-order valence-electron chi connectivity index (χ2n) is 9.56. The van der Waals surface area contributed by atoms with E-state index in [1.54, 1.807) is 34.9 Å². The molecule has 194 valence electrons. The van der Waals surface area contributed by atoms with Crippen molar-refractivity contribution in [1.82, 2.24) is 14.8 Å². The monoisotopic (exact) mass is 521 g/mol. The molecule has 1 aliphatic heterocycles. The molecule has 1 saturated heterocycles. The molecule has 4 rings (SSSR count). The van der Waals surface area contributed by atoms with Crippen LogP contribution < -0.4 is 0 Å². The van der Waals surface area contributed by atoms with Crippen LogP contribution in [0.25, 0.3) is 22.2 Å². The van der Waals surface area contributed by atoms with Crippen molar-refractivity contribution in [2.24, 2.45) is 0 Å². The standard InChI is InChI=1S/C29H32ClN3O4/c1-5-15-37-28(35)33-14-13-32(18-19(33)3)27(34)21-9-12-23-24(30)17-25(31-26(23)16-21)20-7-10-22(11-8-20)29(4,36)6-2/h6-12,16-17,19,36H,2,5,13-15,18H2,1,3-4H3/t19-,29?/m1/s1. The van der Waals surface area contributed by atoms with E-state index in [0.717, 1.165) is 22.9 Å². The molecule has 8 heteroatoms. The molecule has 2 atom stereocenters. The zero-order chi connectivity index (χ0) is 26.7. The smallest absolute Gasteiger partial charge is 0.410 e. The van der Waals surface area contributed by atoms with Crippen molar-refractivity contribution < 1.29 is 19.4 Å². The van der Waals surface area contributed by atoms with Crippen LogP contribution in [0.15, 0.2) is 61.2 Å². The number of piperazine rings is 1. The number of fused-ring (bicyclic) bond motifs is 1. The van der Waals surface area contributed by atoms with Gasteiger partial charge in [0, 0.05) is 42.2 Å². The zero-order valence-corrected chi connectivity index (χ0v) is 22.2. The molecule has 1 unspecified atom stereocenters. The Morgan fingerprint density at radius 3 is 2.59 bits per heavy atom. The van der Waals surface area contributed by atoms with E-state index in [-0.39, 0.29) is 18.0 Å². The summed E-state index contributed by atoms with van der Waals surface area (Å²) in [4.78, 5) is 33.8. The van der Waals surface area contributed by atoms with Crippen LogP contribution in [0.5, 0.6) is 0 Å². The fraction of sp³-hybridized carbons (Fsp3) is 0.345. The Morgan fingerprint density at radius 1 is 1.22 bits per heavy atom. The maximum Gasteiger partial charge on any atom is 0.410 e. The summed E-state index contributed by atoms with van der Waals surface area (Å²) in [5.41, 5.74) is 2.23. The van der Waals surface area contributed by atoms with E-state index >= 15 is 0 Å². The molecule has 1 aliphatic rings. The minimum Gasteiger partial charge on any atom is -0.449 e. The van der Waals surface area contributed by atoms with E-state index < -0.39 is 5.60 Å². The Kier molecular flexibility index (Phi) is 7.85. The number of ether oxygens (including phenoxy) is 1. The van der Waals surface area contributed by atoms with Gasteiger partial charge in [0.15, 0.2) is 0 Å². The van der Waals surface area contributed by atoms with Crippen LogP contribution in [-0.2, 0) is 10.3 Å². The van der Waals surface area contributed by atoms with Gasteiger partial charge in [-0.25, -0.2) is 9.78 Å². The summed E-state index contributed by atoms with van der Waals surface area (Å²) in [5, 5.41) is 11.7. The van der Waals surface area contributed by atoms with Crippen LogP contribution in [-0.4, -0.2) is 64.2 Å². The van der Waals surface area contributed by atoms with Gasteiger partial charge in [-0.3, -0.25) is 4.79 Å². The third-order valence-corrected chi connectivity index (χ3v) is 7.06. The first-order valence-corrected chi connectivity index (χ1v) is 12.8. The molecule has 0 spiro atoms. The minimum atomic E-state index is -1.12. The van der Waals surface area contributed by atoms with Crippen molar-refractivity contribution in [3.8, 4) is 11.3 Å². The number of carbonyl (C=O) groups excluding carboxylic acids is 2. The molecule has 2 heterocycles. The van der Waals surface area contributed by atoms with Crippen molar-refractivity contribution >= 4 is 34.5 Å². The van der Waals surface area contributed by atoms with Gasteiger partial charge in [0.05, 0.1) is 22.8 Å². The average Bonchev–Trinajstić information content (AvgIpc) is 2.90. The number of rotatable bonds is 6. The number of hydrogen-bond acceptors (Lipinski definition) is 5. The van der Waals surface area contributed by atoms with Gasteiger partial charge >= 0.3 is 6.09 Å². The molecular weight excluding hydrogens is 490 g/mol. The van der Waals surface area contributed by atoms with Gasteiger partial charge in [-0.2, -0.15) is 0 Å². The molecule has 1 N–H and O–H groups in total. The fourth-order valence-corrected chi connectivity index (χ4v) is 4.69. The van der Waals surface area contributed by atoms with Crippen molar-refractivity contribution in [3.05, 3.63) is 77.3 Å². The van der Waals surface area contributed by atoms with Gasteiger partial charge in [0.2, 0.25) is 0 Å². The Balaban J connectivity index is 1.56. The van der Waals surface area contributed by atoms with Gasteiger partial charge in [0.25, 0.3) is 5.91 Å². The molecule has 0 aliphatic carbocycles. The number of hydrogen-bond donors (Lipinski definition) is 1. The lowest BCUT2D eigenvalue weighted by Gasteiger charge is -2.39. The number of benzene rings is 2. The van der Waals surface area contributed by atoms with Gasteiger partial charge in [0.1, 0.15) is 5.60 Å². The second kappa shape index (κ2) is 10.9. The van der Waals surface area contributed by atoms with E-state index in [1.807, 2.05) is 44.2 Å². The lowest BCUT2D eigenvalue weighted by Crippen LogP contribution is -2.55. The first kappa shape index (κ1) is 26.6. The minimum absolute atomic E-state index is 0.116. The Bertz CT molecular complexity index is 1320. The third kappa shape index (κ3) is 5.63. The maximum atomic E-state index is 13.3. The largest absolute Gasteiger partial charge is 0.449 e. The normalized spacial score (nSPS) is 17.4. The molecule has 2 aromatic carbocycles. The summed E-state index contributed by atoms with van der Waals surface area (Å²) in [5.74, 6) is -0.116. The summed E-state index contributed by atoms with van der Waals surface area (Å²) in [6.07, 6.45) is 1.92. The second-order valence-corrected chi connectivity index (χ2v) is 9.97. The molecule has 7 nitrogen and oxygen atoms in total. The van der Waals surface area contributed by atoms with Gasteiger partial charge in [-0.05, 0) is 44.0 Å². The van der Waals surface area contributed by atoms with Crippen LogP contribution >= 0.6 is 11.6 Å². The molecule has 0 radical (unpaired) electrons. The highest BCUT2D eigenvalue weighted by molar-refractivity contribution is 6.35. The Hall–Kier alpha value is -3.42. The summed E-state index contributed by atoms with van der Waals surface area (Å²) in [7, 11) is 0. The Labute approximate surface area is 222 Å². The van der Waals surface area contributed by atoms with E-state index in [1.165, 1.54) is 6.08 Å². The van der Waals surface area contributed by atoms with Gasteiger partial charge in [-0.15, -0.1) is 0 Å². The molecule has 37 heavy (non-hydrogen) atoms. The molecule has 1 aromatic heterocycles. The van der Waals surface area contributed by atoms with Crippen LogP contribution in [0, 0.1) is 0 Å². The Morgan fingerprint density at radius 2 is 1.95 bits per heavy atom. The number of carbonyl (C=O) groups is 2. The van der Waals surface area contributed by atoms with Gasteiger partial charge < -0.3 is 19.6 Å². The number of aliphatic hydroxyl groups is 1. The maximum absolute atomic E-state index is 13.3. The molecular formula is C29H32ClN3O4. The van der Waals surface area contributed by atoms with E-state index in [2.05, 4.69) is 6.58 Å². The lowest BCUT2D eigenvalue weighted by atomic mass is 9.95. The third-order valence-electron chi connectivity index (χ3n) is 6.75. The number of aromatic nitrogens is 1. The zero-order valence-electron chi connectivity index (χ0n) is 21.4. The van der Waals surface area contributed by atoms with E-state index in [4.69, 9.17) is 21.3 Å². The number of halogens is 1. The molecule has 0 bridgehead atoms. The van der Waals surface area contributed by atoms with Gasteiger partial charge in [-0.1, -0.05) is 61.5 Å². The summed E-state index contributed by atoms with van der Waals surface area (Å²) < 4.78 is 5.26. The van der Waals surface area contributed by atoms with Crippen LogP contribution in [0.2, 0.25) is 5.02 Å². The highest BCUT2D eigenvalue weighted by atomic mass is 35.5. The summed E-state index contributed by atoms with van der Waals surface area (Å²) in [6.45, 7) is 10.9. The highest BCUT2D eigenvalue weighted by Gasteiger charge is 2.31. The van der Waals surface area contributed by atoms with Crippen LogP contribution in [0.4, 0.5) is 4.79 Å². The predicted molar refractivity (Wildman–Crippen MR) is 146 cm³/mol. The molecule has 0 saturated carbocycles. The van der Waals surface area contributed by atoms with E-state index in [0.29, 0.717) is 48.0 Å². The first-order chi connectivity index (χ1) is 17.6. The molecule has 2 amide bonds. The summed E-state index contributed by atoms with van der Waals surface area (Å²) in [6, 6.07) is 14.4. The number of pyridine rings is 1. The summed E-state index contributed by atoms with van der Waals surface area (Å²) >= 11 is 6.58. The molecule has 3 aromatic rings. The topological polar surface area (TPSA) is 83.0 Å². The van der Waals surface area contributed by atoms with Crippen molar-refractivity contribution in [3.63, 3.8) is 0 Å².